The molecule has 122 valence electrons. The highest BCUT2D eigenvalue weighted by molar-refractivity contribution is 7.15. The van der Waals surface area contributed by atoms with Gasteiger partial charge < -0.3 is 14.5 Å². The lowest BCUT2D eigenvalue weighted by atomic mass is 10.3. The maximum Gasteiger partial charge on any atom is 0.409 e. The first kappa shape index (κ1) is 15.5. The van der Waals surface area contributed by atoms with Crippen molar-refractivity contribution >= 4 is 34.4 Å². The molecule has 0 saturated carbocycles. The molecule has 0 spiro atoms. The van der Waals surface area contributed by atoms with Crippen LogP contribution in [0.25, 0.3) is 11.0 Å². The van der Waals surface area contributed by atoms with Gasteiger partial charge in [0.2, 0.25) is 5.91 Å². The molecule has 23 heavy (non-hydrogen) atoms. The summed E-state index contributed by atoms with van der Waals surface area (Å²) in [6.45, 7) is 4.18. The van der Waals surface area contributed by atoms with E-state index in [2.05, 4.69) is 4.98 Å². The summed E-state index contributed by atoms with van der Waals surface area (Å²) in [5, 5.41) is 1.95. The summed E-state index contributed by atoms with van der Waals surface area (Å²) in [6.07, 6.45) is 6.69. The fraction of sp³-hybridized carbons (Fsp3) is 0.400. The maximum absolute atomic E-state index is 12.2. The largest absolute Gasteiger partial charge is 0.450 e. The Morgan fingerprint density at radius 3 is 2.78 bits per heavy atom. The van der Waals surface area contributed by atoms with Crippen LogP contribution in [0.4, 0.5) is 4.79 Å². The molecule has 1 fully saturated rings. The molecule has 0 unspecified atom stereocenters. The van der Waals surface area contributed by atoms with Gasteiger partial charge in [-0.3, -0.25) is 9.20 Å². The summed E-state index contributed by atoms with van der Waals surface area (Å²) in [4.78, 5) is 32.4. The number of imidazole rings is 1. The molecule has 2 aromatic heterocycles. The van der Waals surface area contributed by atoms with E-state index in [-0.39, 0.29) is 12.0 Å². The summed E-state index contributed by atoms with van der Waals surface area (Å²) in [5.41, 5.74) is 0.875. The van der Waals surface area contributed by atoms with Gasteiger partial charge in [-0.1, -0.05) is 0 Å². The van der Waals surface area contributed by atoms with Crippen LogP contribution in [0.2, 0.25) is 0 Å². The fourth-order valence-electron chi connectivity index (χ4n) is 2.45. The van der Waals surface area contributed by atoms with Crippen molar-refractivity contribution in [1.29, 1.82) is 0 Å². The third-order valence-electron chi connectivity index (χ3n) is 3.69. The van der Waals surface area contributed by atoms with Crippen LogP contribution in [0.15, 0.2) is 23.8 Å². The molecule has 1 saturated heterocycles. The normalized spacial score (nSPS) is 15.5. The second-order valence-electron chi connectivity index (χ2n) is 5.08. The smallest absolute Gasteiger partial charge is 0.409 e. The lowest BCUT2D eigenvalue weighted by Crippen LogP contribution is -2.50. The number of carbonyl (C=O) groups is 2. The van der Waals surface area contributed by atoms with Crippen LogP contribution in [-0.4, -0.2) is 64.0 Å². The van der Waals surface area contributed by atoms with E-state index in [9.17, 15) is 9.59 Å². The molecule has 0 bridgehead atoms. The lowest BCUT2D eigenvalue weighted by Gasteiger charge is -2.33. The predicted molar refractivity (Wildman–Crippen MR) is 87.3 cm³/mol. The van der Waals surface area contributed by atoms with E-state index in [1.54, 1.807) is 46.4 Å². The van der Waals surface area contributed by atoms with Crippen molar-refractivity contribution < 1.29 is 14.3 Å². The number of piperazine rings is 1. The van der Waals surface area contributed by atoms with Crippen molar-refractivity contribution in [2.45, 2.75) is 6.92 Å². The number of ether oxygens (including phenoxy) is 1. The average Bonchev–Trinajstić information content (AvgIpc) is 3.17. The molecule has 0 radical (unpaired) electrons. The molecule has 2 amide bonds. The second-order valence-corrected chi connectivity index (χ2v) is 5.96. The molecular weight excluding hydrogens is 316 g/mol. The van der Waals surface area contributed by atoms with Gasteiger partial charge in [-0.25, -0.2) is 9.78 Å². The average molecular weight is 334 g/mol. The highest BCUT2D eigenvalue weighted by Crippen LogP contribution is 2.14. The zero-order valence-electron chi connectivity index (χ0n) is 12.8. The molecule has 0 N–H and O–H groups in total. The first-order chi connectivity index (χ1) is 11.2. The number of nitrogens with zero attached hydrogens (tertiary/aromatic N) is 4. The molecule has 1 aliphatic rings. The van der Waals surface area contributed by atoms with Gasteiger partial charge in [-0.15, -0.1) is 11.3 Å². The molecule has 0 aromatic carbocycles. The highest BCUT2D eigenvalue weighted by atomic mass is 32.1. The zero-order valence-corrected chi connectivity index (χ0v) is 13.7. The van der Waals surface area contributed by atoms with E-state index in [1.165, 1.54) is 0 Å². The Bertz CT molecular complexity index is 728. The molecular formula is C15H18N4O3S. The van der Waals surface area contributed by atoms with E-state index < -0.39 is 0 Å². The summed E-state index contributed by atoms with van der Waals surface area (Å²) in [5.74, 6) is -0.0568. The summed E-state index contributed by atoms with van der Waals surface area (Å²) >= 11 is 1.55. The first-order valence-electron chi connectivity index (χ1n) is 7.48. The van der Waals surface area contributed by atoms with Gasteiger partial charge in [0.1, 0.15) is 0 Å². The Morgan fingerprint density at radius 1 is 1.30 bits per heavy atom. The molecule has 8 heteroatoms. The van der Waals surface area contributed by atoms with Gasteiger partial charge in [0, 0.05) is 43.8 Å². The number of hydrogen-bond acceptors (Lipinski definition) is 5. The standard InChI is InChI=1S/C15H18N4O3S/c1-2-22-15(21)18-7-5-17(6-8-18)13(20)4-3-12-11-16-14-19(12)9-10-23-14/h3-4,9-11H,2,5-8H2,1H3/b4-3+. The highest BCUT2D eigenvalue weighted by Gasteiger charge is 2.23. The van der Waals surface area contributed by atoms with Crippen molar-refractivity contribution in [3.63, 3.8) is 0 Å². The SMILES string of the molecule is CCOC(=O)N1CCN(C(=O)/C=C/c2cnc3sccn23)CC1. The Kier molecular flexibility index (Phi) is 4.61. The molecule has 3 heterocycles. The van der Waals surface area contributed by atoms with Crippen molar-refractivity contribution in [3.05, 3.63) is 29.5 Å². The monoisotopic (exact) mass is 334 g/mol. The van der Waals surface area contributed by atoms with E-state index in [4.69, 9.17) is 4.74 Å². The minimum absolute atomic E-state index is 0.0568. The van der Waals surface area contributed by atoms with Gasteiger partial charge in [-0.05, 0) is 13.0 Å². The summed E-state index contributed by atoms with van der Waals surface area (Å²) in [7, 11) is 0. The lowest BCUT2D eigenvalue weighted by molar-refractivity contribution is -0.127. The summed E-state index contributed by atoms with van der Waals surface area (Å²) in [6, 6.07) is 0. The van der Waals surface area contributed by atoms with Crippen LogP contribution in [0.3, 0.4) is 0 Å². The van der Waals surface area contributed by atoms with Crippen molar-refractivity contribution in [2.75, 3.05) is 32.8 Å². The Balaban J connectivity index is 1.56. The number of hydrogen-bond donors (Lipinski definition) is 0. The van der Waals surface area contributed by atoms with Crippen LogP contribution in [0.5, 0.6) is 0 Å². The number of rotatable bonds is 3. The number of aromatic nitrogens is 2. The van der Waals surface area contributed by atoms with Crippen LogP contribution in [-0.2, 0) is 9.53 Å². The zero-order chi connectivity index (χ0) is 16.2. The minimum Gasteiger partial charge on any atom is -0.450 e. The Morgan fingerprint density at radius 2 is 2.04 bits per heavy atom. The van der Waals surface area contributed by atoms with E-state index in [0.29, 0.717) is 32.8 Å². The van der Waals surface area contributed by atoms with Gasteiger partial charge >= 0.3 is 6.09 Å². The maximum atomic E-state index is 12.2. The molecule has 7 nitrogen and oxygen atoms in total. The van der Waals surface area contributed by atoms with Gasteiger partial charge in [-0.2, -0.15) is 0 Å². The van der Waals surface area contributed by atoms with E-state index >= 15 is 0 Å². The number of amides is 2. The molecule has 1 aliphatic heterocycles. The summed E-state index contributed by atoms with van der Waals surface area (Å²) < 4.78 is 6.91. The van der Waals surface area contributed by atoms with Crippen molar-refractivity contribution in [1.82, 2.24) is 19.2 Å². The Hall–Kier alpha value is -2.35. The van der Waals surface area contributed by atoms with Gasteiger partial charge in [0.25, 0.3) is 0 Å². The molecule has 2 aromatic rings. The van der Waals surface area contributed by atoms with E-state index in [0.717, 1.165) is 10.7 Å². The van der Waals surface area contributed by atoms with Crippen LogP contribution in [0.1, 0.15) is 12.6 Å². The number of thiazole rings is 1. The Labute approximate surface area is 137 Å². The third kappa shape index (κ3) is 3.37. The van der Waals surface area contributed by atoms with E-state index in [1.807, 2.05) is 16.0 Å². The minimum atomic E-state index is -0.311. The first-order valence-corrected chi connectivity index (χ1v) is 8.36. The van der Waals surface area contributed by atoms with Crippen LogP contribution < -0.4 is 0 Å². The van der Waals surface area contributed by atoms with Crippen molar-refractivity contribution in [2.24, 2.45) is 0 Å². The van der Waals surface area contributed by atoms with Crippen LogP contribution in [0, 0.1) is 0 Å². The number of carbonyl (C=O) groups excluding carboxylic acids is 2. The molecule has 3 rings (SSSR count). The van der Waals surface area contributed by atoms with Crippen LogP contribution >= 0.6 is 11.3 Å². The predicted octanol–water partition coefficient (Wildman–Crippen LogP) is 1.71. The molecule has 0 aliphatic carbocycles. The third-order valence-corrected chi connectivity index (χ3v) is 4.46. The van der Waals surface area contributed by atoms with Gasteiger partial charge in [0.15, 0.2) is 4.96 Å². The quantitative estimate of drug-likeness (QED) is 0.802. The second kappa shape index (κ2) is 6.82. The topological polar surface area (TPSA) is 67.2 Å². The number of fused-ring (bicyclic) bond motifs is 1. The fourth-order valence-corrected chi connectivity index (χ4v) is 3.15. The van der Waals surface area contributed by atoms with Gasteiger partial charge in [0.05, 0.1) is 18.5 Å². The molecule has 0 atom stereocenters. The van der Waals surface area contributed by atoms with Crippen molar-refractivity contribution in [3.8, 4) is 0 Å².